The fraction of sp³-hybridized carbons (Fsp3) is 0.500. The van der Waals surface area contributed by atoms with Gasteiger partial charge in [-0.3, -0.25) is 0 Å². The molecule has 1 aromatic heterocycles. The Bertz CT molecular complexity index is 735. The first-order valence-electron chi connectivity index (χ1n) is 7.97. The fourth-order valence-electron chi connectivity index (χ4n) is 3.04. The average Bonchev–Trinajstić information content (AvgIpc) is 2.69. The molecule has 7 heteroatoms. The lowest BCUT2D eigenvalue weighted by atomic mass is 10.2. The maximum atomic E-state index is 13.9. The molecule has 1 atom stereocenters. The second kappa shape index (κ2) is 7.11. The molecule has 1 aliphatic rings. The normalized spacial score (nSPS) is 16.0. The Morgan fingerprint density at radius 1 is 1.35 bits per heavy atom. The number of fused-ring (bicyclic) bond motifs is 1. The lowest BCUT2D eigenvalue weighted by Crippen LogP contribution is -3.07. The third-order valence-corrected chi connectivity index (χ3v) is 5.03. The molecular formula is C16H21ClFN4S+. The summed E-state index contributed by atoms with van der Waals surface area (Å²) in [5.74, 6) is 0.810. The van der Waals surface area contributed by atoms with Gasteiger partial charge in [0, 0.05) is 13.0 Å². The smallest absolute Gasteiger partial charge is 0.202 e. The monoisotopic (exact) mass is 355 g/mol. The topological polar surface area (TPSA) is 27.2 Å². The summed E-state index contributed by atoms with van der Waals surface area (Å²) in [4.78, 5) is 1.08. The number of aromatic nitrogens is 3. The fourth-order valence-corrected chi connectivity index (χ4v) is 3.57. The van der Waals surface area contributed by atoms with Crippen LogP contribution in [0.5, 0.6) is 0 Å². The molecule has 1 unspecified atom stereocenters. The summed E-state index contributed by atoms with van der Waals surface area (Å²) in [5.41, 5.74) is 0.541. The van der Waals surface area contributed by atoms with Crippen LogP contribution in [0.15, 0.2) is 18.2 Å². The van der Waals surface area contributed by atoms with Crippen molar-refractivity contribution < 1.29 is 9.29 Å². The van der Waals surface area contributed by atoms with Gasteiger partial charge >= 0.3 is 0 Å². The lowest BCUT2D eigenvalue weighted by Gasteiger charge is -2.15. The summed E-state index contributed by atoms with van der Waals surface area (Å²) in [6.45, 7) is 2.05. The zero-order valence-electron chi connectivity index (χ0n) is 13.2. The highest BCUT2D eigenvalue weighted by Crippen LogP contribution is 2.18. The quantitative estimate of drug-likeness (QED) is 0.854. The molecule has 124 valence electrons. The Morgan fingerprint density at radius 3 is 2.96 bits per heavy atom. The van der Waals surface area contributed by atoms with Crippen LogP contribution in [0.2, 0.25) is 5.02 Å². The minimum Gasteiger partial charge on any atom is -0.315 e. The van der Waals surface area contributed by atoms with Crippen LogP contribution < -0.4 is 4.90 Å². The number of halogens is 2. The first kappa shape index (κ1) is 16.6. The molecule has 0 saturated carbocycles. The summed E-state index contributed by atoms with van der Waals surface area (Å²) in [6.07, 6.45) is 4.53. The zero-order valence-corrected chi connectivity index (χ0v) is 14.8. The van der Waals surface area contributed by atoms with E-state index in [0.717, 1.165) is 34.9 Å². The molecule has 0 aliphatic carbocycles. The van der Waals surface area contributed by atoms with Crippen LogP contribution in [0, 0.1) is 10.6 Å². The Morgan fingerprint density at radius 2 is 2.17 bits per heavy atom. The first-order valence-corrected chi connectivity index (χ1v) is 8.75. The van der Waals surface area contributed by atoms with E-state index < -0.39 is 0 Å². The standard InChI is InChI=1S/C16H20ClFN4S/c1-20(10-12-13(17)6-5-7-14(12)18)11-22-16(23)21-9-4-2-3-8-15(21)19-22/h5-7H,2-4,8-11H2,1H3/p+1. The van der Waals surface area contributed by atoms with E-state index in [2.05, 4.69) is 9.67 Å². The first-order chi connectivity index (χ1) is 11.1. The van der Waals surface area contributed by atoms with E-state index in [1.807, 2.05) is 11.7 Å². The van der Waals surface area contributed by atoms with Gasteiger partial charge in [-0.1, -0.05) is 24.1 Å². The maximum absolute atomic E-state index is 13.9. The molecule has 0 spiro atoms. The highest BCUT2D eigenvalue weighted by molar-refractivity contribution is 7.71. The number of hydrogen-bond donors (Lipinski definition) is 1. The summed E-state index contributed by atoms with van der Waals surface area (Å²) >= 11 is 11.7. The molecule has 0 saturated heterocycles. The second-order valence-corrected chi connectivity index (χ2v) is 6.93. The Kier molecular flexibility index (Phi) is 5.14. The van der Waals surface area contributed by atoms with E-state index in [4.69, 9.17) is 23.8 Å². The van der Waals surface area contributed by atoms with Gasteiger partial charge in [-0.15, -0.1) is 0 Å². The van der Waals surface area contributed by atoms with Crippen molar-refractivity contribution in [2.75, 3.05) is 7.05 Å². The number of rotatable bonds is 4. The van der Waals surface area contributed by atoms with E-state index in [-0.39, 0.29) is 5.82 Å². The molecule has 23 heavy (non-hydrogen) atoms. The SMILES string of the molecule is C[NH+](Cc1c(F)cccc1Cl)Cn1nc2n(c1=S)CCCCC2. The van der Waals surface area contributed by atoms with Crippen LogP contribution in [0.4, 0.5) is 4.39 Å². The van der Waals surface area contributed by atoms with E-state index in [1.54, 1.807) is 12.1 Å². The largest absolute Gasteiger partial charge is 0.315 e. The van der Waals surface area contributed by atoms with Gasteiger partial charge in [-0.05, 0) is 37.2 Å². The zero-order chi connectivity index (χ0) is 16.4. The third kappa shape index (κ3) is 3.65. The molecule has 0 fully saturated rings. The average molecular weight is 356 g/mol. The molecule has 1 aromatic carbocycles. The Labute approximate surface area is 145 Å². The second-order valence-electron chi connectivity index (χ2n) is 6.15. The molecule has 2 heterocycles. The molecule has 2 aromatic rings. The van der Waals surface area contributed by atoms with Crippen molar-refractivity contribution in [2.45, 2.75) is 45.4 Å². The predicted molar refractivity (Wildman–Crippen MR) is 90.6 cm³/mol. The Hall–Kier alpha value is -1.24. The van der Waals surface area contributed by atoms with E-state index in [1.165, 1.54) is 18.9 Å². The van der Waals surface area contributed by atoms with Crippen molar-refractivity contribution >= 4 is 23.8 Å². The van der Waals surface area contributed by atoms with Gasteiger partial charge < -0.3 is 9.47 Å². The van der Waals surface area contributed by atoms with Crippen molar-refractivity contribution in [3.8, 4) is 0 Å². The molecule has 1 N–H and O–H groups in total. The van der Waals surface area contributed by atoms with Crippen molar-refractivity contribution in [3.63, 3.8) is 0 Å². The summed E-state index contributed by atoms with van der Waals surface area (Å²) in [6, 6.07) is 4.79. The predicted octanol–water partition coefficient (Wildman–Crippen LogP) is 2.61. The van der Waals surface area contributed by atoms with E-state index >= 15 is 0 Å². The molecule has 0 amide bonds. The number of benzene rings is 1. The molecule has 1 aliphatic heterocycles. The summed E-state index contributed by atoms with van der Waals surface area (Å²) < 4.78 is 18.7. The van der Waals surface area contributed by atoms with Crippen molar-refractivity contribution in [3.05, 3.63) is 45.2 Å². The van der Waals surface area contributed by atoms with Gasteiger partial charge in [0.2, 0.25) is 4.77 Å². The van der Waals surface area contributed by atoms with Gasteiger partial charge in [-0.2, -0.15) is 9.78 Å². The third-order valence-electron chi connectivity index (χ3n) is 4.24. The number of nitrogens with one attached hydrogen (secondary N) is 1. The van der Waals surface area contributed by atoms with Gasteiger partial charge in [0.25, 0.3) is 0 Å². The van der Waals surface area contributed by atoms with Crippen LogP contribution >= 0.6 is 23.8 Å². The van der Waals surface area contributed by atoms with Crippen LogP contribution in [-0.4, -0.2) is 21.4 Å². The molecule has 4 nitrogen and oxygen atoms in total. The number of quaternary nitrogens is 1. The van der Waals surface area contributed by atoms with Gasteiger partial charge in [0.15, 0.2) is 6.67 Å². The lowest BCUT2D eigenvalue weighted by molar-refractivity contribution is -0.917. The number of hydrogen-bond acceptors (Lipinski definition) is 2. The summed E-state index contributed by atoms with van der Waals surface area (Å²) in [5, 5.41) is 5.13. The van der Waals surface area contributed by atoms with Gasteiger partial charge in [-0.25, -0.2) is 4.39 Å². The minimum absolute atomic E-state index is 0.263. The van der Waals surface area contributed by atoms with E-state index in [9.17, 15) is 4.39 Å². The number of aryl methyl sites for hydroxylation is 1. The van der Waals surface area contributed by atoms with Crippen LogP contribution in [0.3, 0.4) is 0 Å². The van der Waals surface area contributed by atoms with Crippen LogP contribution in [-0.2, 0) is 26.2 Å². The van der Waals surface area contributed by atoms with Gasteiger partial charge in [0.1, 0.15) is 18.2 Å². The molecule has 0 radical (unpaired) electrons. The highest BCUT2D eigenvalue weighted by atomic mass is 35.5. The highest BCUT2D eigenvalue weighted by Gasteiger charge is 2.17. The molecule has 0 bridgehead atoms. The van der Waals surface area contributed by atoms with Crippen LogP contribution in [0.1, 0.15) is 30.7 Å². The van der Waals surface area contributed by atoms with Crippen LogP contribution in [0.25, 0.3) is 0 Å². The van der Waals surface area contributed by atoms with Gasteiger partial charge in [0.05, 0.1) is 17.6 Å². The van der Waals surface area contributed by atoms with Crippen molar-refractivity contribution in [2.24, 2.45) is 0 Å². The van der Waals surface area contributed by atoms with Crippen molar-refractivity contribution in [1.29, 1.82) is 0 Å². The maximum Gasteiger partial charge on any atom is 0.202 e. The Balaban J connectivity index is 1.76. The minimum atomic E-state index is -0.263. The van der Waals surface area contributed by atoms with E-state index in [0.29, 0.717) is 23.8 Å². The van der Waals surface area contributed by atoms with Crippen molar-refractivity contribution in [1.82, 2.24) is 14.3 Å². The summed E-state index contributed by atoms with van der Waals surface area (Å²) in [7, 11) is 2.00. The molecular weight excluding hydrogens is 335 g/mol. The number of nitrogens with zero attached hydrogens (tertiary/aromatic N) is 3. The molecule has 3 rings (SSSR count).